The minimum Gasteiger partial charge on any atom is -0.364 e. The number of nitrogens with zero attached hydrogens (tertiary/aromatic N) is 5. The normalized spacial score (nSPS) is 11.2. The molecule has 0 aliphatic rings. The molecule has 0 aliphatic carbocycles. The molecule has 3 aromatic heterocycles. The van der Waals surface area contributed by atoms with Crippen LogP contribution in [0.1, 0.15) is 35.9 Å². The summed E-state index contributed by atoms with van der Waals surface area (Å²) in [6.45, 7) is 5.75. The zero-order valence-electron chi connectivity index (χ0n) is 16.9. The van der Waals surface area contributed by atoms with Crippen LogP contribution in [0.25, 0.3) is 28.6 Å². The van der Waals surface area contributed by atoms with E-state index in [1.54, 1.807) is 48.1 Å². The van der Waals surface area contributed by atoms with Crippen molar-refractivity contribution in [1.29, 1.82) is 0 Å². The van der Waals surface area contributed by atoms with Crippen LogP contribution in [0.4, 0.5) is 4.39 Å². The van der Waals surface area contributed by atoms with Gasteiger partial charge in [0, 0.05) is 11.6 Å². The fourth-order valence-corrected chi connectivity index (χ4v) is 3.33. The minimum atomic E-state index is -0.605. The molecule has 4 rings (SSSR count). The van der Waals surface area contributed by atoms with Crippen LogP contribution in [-0.4, -0.2) is 30.2 Å². The Morgan fingerprint density at radius 2 is 1.93 bits per heavy atom. The third-order valence-corrected chi connectivity index (χ3v) is 4.92. The second kappa shape index (κ2) is 7.55. The van der Waals surface area contributed by atoms with Crippen LogP contribution >= 0.6 is 0 Å². The molecule has 3 heterocycles. The maximum Gasteiger partial charge on any atom is 0.265 e. The Morgan fingerprint density at radius 1 is 1.13 bits per heavy atom. The van der Waals surface area contributed by atoms with Gasteiger partial charge in [-0.15, -0.1) is 10.2 Å². The van der Waals surface area contributed by atoms with Crippen molar-refractivity contribution in [2.24, 2.45) is 5.73 Å². The van der Waals surface area contributed by atoms with Gasteiger partial charge >= 0.3 is 0 Å². The zero-order chi connectivity index (χ0) is 21.4. The molecule has 1 aromatic carbocycles. The van der Waals surface area contributed by atoms with Gasteiger partial charge in [0.25, 0.3) is 5.91 Å². The minimum absolute atomic E-state index is 0.152. The molecule has 0 saturated heterocycles. The first kappa shape index (κ1) is 19.5. The van der Waals surface area contributed by atoms with Gasteiger partial charge in [0.1, 0.15) is 29.4 Å². The molecule has 0 aliphatic heterocycles. The second-order valence-corrected chi connectivity index (χ2v) is 7.30. The predicted molar refractivity (Wildman–Crippen MR) is 112 cm³/mol. The number of nitrogens with two attached hydrogens (primary N) is 1. The Bertz CT molecular complexity index is 1240. The number of carbonyl (C=O) groups is 1. The molecule has 30 heavy (non-hydrogen) atoms. The fraction of sp³-hybridized carbons (Fsp3) is 0.182. The summed E-state index contributed by atoms with van der Waals surface area (Å²) in [5.41, 5.74) is 8.22. The predicted octanol–water partition coefficient (Wildman–Crippen LogP) is 3.93. The number of aryl methyl sites for hydroxylation is 1. The highest BCUT2D eigenvalue weighted by Crippen LogP contribution is 2.28. The number of hydrogen-bond donors (Lipinski definition) is 1. The molecule has 0 spiro atoms. The van der Waals surface area contributed by atoms with Crippen LogP contribution in [-0.2, 0) is 0 Å². The number of amides is 1. The molecule has 0 bridgehead atoms. The van der Waals surface area contributed by atoms with Gasteiger partial charge in [0.2, 0.25) is 0 Å². The second-order valence-electron chi connectivity index (χ2n) is 7.30. The van der Waals surface area contributed by atoms with Crippen molar-refractivity contribution in [3.05, 3.63) is 71.9 Å². The highest BCUT2D eigenvalue weighted by Gasteiger charge is 2.19. The van der Waals surface area contributed by atoms with Gasteiger partial charge in [-0.2, -0.15) is 0 Å². The summed E-state index contributed by atoms with van der Waals surface area (Å²) in [6.07, 6.45) is 1.65. The summed E-state index contributed by atoms with van der Waals surface area (Å²) < 4.78 is 17.7. The van der Waals surface area contributed by atoms with Gasteiger partial charge in [-0.3, -0.25) is 9.36 Å². The molecule has 4 aromatic rings. The third kappa shape index (κ3) is 3.36. The summed E-state index contributed by atoms with van der Waals surface area (Å²) in [7, 11) is 0. The quantitative estimate of drug-likeness (QED) is 0.546. The van der Waals surface area contributed by atoms with E-state index in [2.05, 4.69) is 10.2 Å². The average molecular weight is 404 g/mol. The topological polar surface area (TPSA) is 91.6 Å². The van der Waals surface area contributed by atoms with Gasteiger partial charge < -0.3 is 10.3 Å². The van der Waals surface area contributed by atoms with E-state index in [0.29, 0.717) is 34.2 Å². The first-order valence-electron chi connectivity index (χ1n) is 9.52. The van der Waals surface area contributed by atoms with Crippen molar-refractivity contribution in [1.82, 2.24) is 24.3 Å². The van der Waals surface area contributed by atoms with E-state index >= 15 is 0 Å². The van der Waals surface area contributed by atoms with E-state index in [0.717, 1.165) is 0 Å². The Kier molecular flexibility index (Phi) is 4.91. The van der Waals surface area contributed by atoms with Crippen LogP contribution in [0.5, 0.6) is 0 Å². The lowest BCUT2D eigenvalue weighted by Gasteiger charge is -2.14. The Labute approximate surface area is 173 Å². The number of hydrogen-bond acceptors (Lipinski definition) is 4. The highest BCUT2D eigenvalue weighted by molar-refractivity contribution is 5.93. The molecule has 152 valence electrons. The van der Waals surface area contributed by atoms with Gasteiger partial charge in [-0.1, -0.05) is 18.2 Å². The summed E-state index contributed by atoms with van der Waals surface area (Å²) >= 11 is 0. The molecule has 7 nitrogen and oxygen atoms in total. The van der Waals surface area contributed by atoms with Crippen LogP contribution in [0.2, 0.25) is 0 Å². The molecule has 0 unspecified atom stereocenters. The lowest BCUT2D eigenvalue weighted by atomic mass is 10.1. The van der Waals surface area contributed by atoms with E-state index in [1.807, 2.05) is 30.5 Å². The van der Waals surface area contributed by atoms with Crippen molar-refractivity contribution >= 4 is 5.91 Å². The average Bonchev–Trinajstić information content (AvgIpc) is 3.37. The zero-order valence-corrected chi connectivity index (χ0v) is 16.9. The number of primary amides is 1. The van der Waals surface area contributed by atoms with Crippen molar-refractivity contribution in [3.8, 4) is 28.6 Å². The van der Waals surface area contributed by atoms with Crippen molar-refractivity contribution < 1.29 is 9.18 Å². The lowest BCUT2D eigenvalue weighted by molar-refractivity contribution is 0.0994. The number of carbonyl (C=O) groups excluding carboxylic acids is 1. The molecule has 0 fully saturated rings. The Morgan fingerprint density at radius 3 is 2.63 bits per heavy atom. The number of benzene rings is 1. The van der Waals surface area contributed by atoms with Gasteiger partial charge in [0.15, 0.2) is 5.82 Å². The first-order chi connectivity index (χ1) is 14.4. The number of halogens is 1. The lowest BCUT2D eigenvalue weighted by Crippen LogP contribution is -2.17. The van der Waals surface area contributed by atoms with Crippen LogP contribution in [0, 0.1) is 12.7 Å². The Balaban J connectivity index is 1.90. The van der Waals surface area contributed by atoms with Crippen molar-refractivity contribution in [2.75, 3.05) is 0 Å². The molecule has 0 radical (unpaired) electrons. The highest BCUT2D eigenvalue weighted by atomic mass is 19.1. The van der Waals surface area contributed by atoms with Crippen LogP contribution in [0.3, 0.4) is 0 Å². The summed E-state index contributed by atoms with van der Waals surface area (Å²) in [6, 6.07) is 13.8. The van der Waals surface area contributed by atoms with Crippen molar-refractivity contribution in [3.63, 3.8) is 0 Å². The third-order valence-electron chi connectivity index (χ3n) is 4.92. The fourth-order valence-electron chi connectivity index (χ4n) is 3.33. The molecule has 0 atom stereocenters. The van der Waals surface area contributed by atoms with E-state index in [-0.39, 0.29) is 17.6 Å². The SMILES string of the molecule is Cc1ccc(-c2ccc(C(N)=O)n2-c2cccc(-c3nncn3C(C)C)n2)cc1F. The number of aromatic nitrogens is 5. The van der Waals surface area contributed by atoms with E-state index < -0.39 is 5.91 Å². The van der Waals surface area contributed by atoms with Crippen molar-refractivity contribution in [2.45, 2.75) is 26.8 Å². The monoisotopic (exact) mass is 404 g/mol. The maximum atomic E-state index is 14.2. The summed E-state index contributed by atoms with van der Waals surface area (Å²) in [4.78, 5) is 16.8. The number of pyridine rings is 1. The van der Waals surface area contributed by atoms with Crippen LogP contribution in [0.15, 0.2) is 54.9 Å². The molecule has 2 N–H and O–H groups in total. The molecule has 8 heteroatoms. The van der Waals surface area contributed by atoms with Gasteiger partial charge in [-0.05, 0) is 56.7 Å². The smallest absolute Gasteiger partial charge is 0.265 e. The van der Waals surface area contributed by atoms with Crippen LogP contribution < -0.4 is 5.73 Å². The molecular weight excluding hydrogens is 383 g/mol. The largest absolute Gasteiger partial charge is 0.364 e. The standard InChI is InChI=1S/C22H21FN6O/c1-13(2)28-12-25-27-22(28)17-5-4-6-20(26-17)29-18(9-10-19(29)21(24)30)15-8-7-14(3)16(23)11-15/h4-13H,1-3H3,(H2,24,30). The number of rotatable bonds is 5. The van der Waals surface area contributed by atoms with E-state index in [9.17, 15) is 9.18 Å². The first-order valence-corrected chi connectivity index (χ1v) is 9.52. The summed E-state index contributed by atoms with van der Waals surface area (Å²) in [5.74, 6) is 0.155. The Hall–Kier alpha value is -3.81. The molecule has 1 amide bonds. The molecule has 0 saturated carbocycles. The maximum absolute atomic E-state index is 14.2. The summed E-state index contributed by atoms with van der Waals surface area (Å²) in [5, 5.41) is 8.18. The van der Waals surface area contributed by atoms with E-state index in [1.165, 1.54) is 6.07 Å². The van der Waals surface area contributed by atoms with E-state index in [4.69, 9.17) is 10.7 Å². The van der Waals surface area contributed by atoms with Gasteiger partial charge in [-0.25, -0.2) is 9.37 Å². The molecular formula is C22H21FN6O. The van der Waals surface area contributed by atoms with Gasteiger partial charge in [0.05, 0.1) is 5.69 Å².